The molecule has 0 aromatic heterocycles. The number of ether oxygens (including phenoxy) is 1. The summed E-state index contributed by atoms with van der Waals surface area (Å²) >= 11 is 5.72. The summed E-state index contributed by atoms with van der Waals surface area (Å²) in [5.41, 5.74) is -0.144. The molecule has 0 spiro atoms. The van der Waals surface area contributed by atoms with Crippen LogP contribution >= 0.6 is 11.6 Å². The molecule has 8 heteroatoms. The number of carboxylic acids is 1. The standard InChI is InChI=1S/C11H14ClNO5S/c1-2-18-6-5-13-19(16,17)8-3-4-9(11(14)15)10(12)7-8/h3-4,7,13H,2,5-6H2,1H3,(H,14,15). The van der Waals surface area contributed by atoms with E-state index in [9.17, 15) is 13.2 Å². The lowest BCUT2D eigenvalue weighted by molar-refractivity contribution is 0.0697. The number of hydrogen-bond donors (Lipinski definition) is 2. The lowest BCUT2D eigenvalue weighted by Gasteiger charge is -2.08. The van der Waals surface area contributed by atoms with Crippen LogP contribution in [-0.2, 0) is 14.8 Å². The molecule has 2 N–H and O–H groups in total. The fourth-order valence-electron chi connectivity index (χ4n) is 1.31. The van der Waals surface area contributed by atoms with Crippen molar-refractivity contribution < 1.29 is 23.1 Å². The van der Waals surface area contributed by atoms with Gasteiger partial charge in [0.15, 0.2) is 0 Å². The first kappa shape index (κ1) is 15.9. The van der Waals surface area contributed by atoms with Gasteiger partial charge in [0.05, 0.1) is 22.1 Å². The van der Waals surface area contributed by atoms with Gasteiger partial charge in [-0.05, 0) is 25.1 Å². The monoisotopic (exact) mass is 307 g/mol. The number of carboxylic acid groups (broad SMARTS) is 1. The Balaban J connectivity index is 2.84. The van der Waals surface area contributed by atoms with Crippen LogP contribution in [-0.4, -0.2) is 39.3 Å². The Morgan fingerprint density at radius 1 is 1.47 bits per heavy atom. The van der Waals surface area contributed by atoms with Gasteiger partial charge in [-0.2, -0.15) is 0 Å². The molecule has 19 heavy (non-hydrogen) atoms. The number of rotatable bonds is 7. The molecular weight excluding hydrogens is 294 g/mol. The maximum Gasteiger partial charge on any atom is 0.337 e. The molecule has 0 aliphatic carbocycles. The van der Waals surface area contributed by atoms with Crippen LogP contribution in [0.4, 0.5) is 0 Å². The van der Waals surface area contributed by atoms with Gasteiger partial charge in [0.2, 0.25) is 10.0 Å². The molecule has 0 bridgehead atoms. The average molecular weight is 308 g/mol. The smallest absolute Gasteiger partial charge is 0.337 e. The van der Waals surface area contributed by atoms with Crippen molar-refractivity contribution in [3.63, 3.8) is 0 Å². The zero-order valence-electron chi connectivity index (χ0n) is 10.2. The summed E-state index contributed by atoms with van der Waals surface area (Å²) in [5.74, 6) is -1.21. The highest BCUT2D eigenvalue weighted by molar-refractivity contribution is 7.89. The first-order valence-electron chi connectivity index (χ1n) is 5.48. The van der Waals surface area contributed by atoms with Crippen LogP contribution in [0.15, 0.2) is 23.1 Å². The largest absolute Gasteiger partial charge is 0.478 e. The minimum atomic E-state index is -3.71. The van der Waals surface area contributed by atoms with Crippen molar-refractivity contribution in [2.45, 2.75) is 11.8 Å². The van der Waals surface area contributed by atoms with E-state index in [1.807, 2.05) is 0 Å². The average Bonchev–Trinajstić information content (AvgIpc) is 2.34. The van der Waals surface area contributed by atoms with Crippen molar-refractivity contribution in [2.75, 3.05) is 19.8 Å². The molecule has 106 valence electrons. The molecule has 0 saturated carbocycles. The Labute approximate surface area is 116 Å². The minimum Gasteiger partial charge on any atom is -0.478 e. The minimum absolute atomic E-state index is 0.0843. The molecule has 0 aliphatic rings. The molecular formula is C11H14ClNO5S. The summed E-state index contributed by atoms with van der Waals surface area (Å²) in [4.78, 5) is 10.7. The number of carbonyl (C=O) groups is 1. The molecule has 0 aliphatic heterocycles. The van der Waals surface area contributed by atoms with Crippen molar-refractivity contribution >= 4 is 27.6 Å². The normalized spacial score (nSPS) is 11.5. The van der Waals surface area contributed by atoms with E-state index in [4.69, 9.17) is 21.4 Å². The van der Waals surface area contributed by atoms with Crippen LogP contribution in [0.1, 0.15) is 17.3 Å². The second kappa shape index (κ2) is 6.85. The van der Waals surface area contributed by atoms with Crippen LogP contribution in [0, 0.1) is 0 Å². The van der Waals surface area contributed by atoms with Gasteiger partial charge in [0, 0.05) is 13.2 Å². The second-order valence-electron chi connectivity index (χ2n) is 3.54. The second-order valence-corrected chi connectivity index (χ2v) is 5.72. The van der Waals surface area contributed by atoms with Gasteiger partial charge < -0.3 is 9.84 Å². The molecule has 0 saturated heterocycles. The summed E-state index contributed by atoms with van der Waals surface area (Å²) in [6.07, 6.45) is 0. The summed E-state index contributed by atoms with van der Waals surface area (Å²) in [6, 6.07) is 3.45. The highest BCUT2D eigenvalue weighted by Crippen LogP contribution is 2.20. The van der Waals surface area contributed by atoms with E-state index in [2.05, 4.69) is 4.72 Å². The molecule has 0 unspecified atom stereocenters. The molecule has 0 radical (unpaired) electrons. The van der Waals surface area contributed by atoms with Gasteiger partial charge >= 0.3 is 5.97 Å². The van der Waals surface area contributed by atoms with Crippen molar-refractivity contribution in [2.24, 2.45) is 0 Å². The van der Waals surface area contributed by atoms with E-state index >= 15 is 0 Å². The highest BCUT2D eigenvalue weighted by Gasteiger charge is 2.17. The maximum absolute atomic E-state index is 11.9. The number of sulfonamides is 1. The molecule has 1 aromatic carbocycles. The third-order valence-electron chi connectivity index (χ3n) is 2.22. The van der Waals surface area contributed by atoms with E-state index in [0.717, 1.165) is 12.1 Å². The number of benzene rings is 1. The van der Waals surface area contributed by atoms with Gasteiger partial charge in [-0.1, -0.05) is 11.6 Å². The summed E-state index contributed by atoms with van der Waals surface area (Å²) in [5, 5.41) is 8.67. The lowest BCUT2D eigenvalue weighted by atomic mass is 10.2. The van der Waals surface area contributed by atoms with Gasteiger partial charge in [0.25, 0.3) is 0 Å². The van der Waals surface area contributed by atoms with Crippen molar-refractivity contribution in [1.82, 2.24) is 4.72 Å². The van der Waals surface area contributed by atoms with Crippen LogP contribution in [0.3, 0.4) is 0 Å². The molecule has 0 amide bonds. The van der Waals surface area contributed by atoms with E-state index in [-0.39, 0.29) is 28.6 Å². The number of halogens is 1. The first-order chi connectivity index (χ1) is 8.88. The Bertz CT molecular complexity index is 558. The molecule has 0 fully saturated rings. The summed E-state index contributed by atoms with van der Waals surface area (Å²) in [7, 11) is -3.71. The van der Waals surface area contributed by atoms with Crippen LogP contribution in [0.5, 0.6) is 0 Å². The first-order valence-corrected chi connectivity index (χ1v) is 7.35. The summed E-state index contributed by atoms with van der Waals surface area (Å²) in [6.45, 7) is 2.70. The van der Waals surface area contributed by atoms with Gasteiger partial charge in [0.1, 0.15) is 0 Å². The van der Waals surface area contributed by atoms with E-state index in [1.165, 1.54) is 6.07 Å². The third kappa shape index (κ3) is 4.46. The Morgan fingerprint density at radius 3 is 2.68 bits per heavy atom. The Morgan fingerprint density at radius 2 is 2.16 bits per heavy atom. The molecule has 0 atom stereocenters. The number of hydrogen-bond acceptors (Lipinski definition) is 4. The highest BCUT2D eigenvalue weighted by atomic mass is 35.5. The van der Waals surface area contributed by atoms with Crippen LogP contribution < -0.4 is 4.72 Å². The molecule has 6 nitrogen and oxygen atoms in total. The van der Waals surface area contributed by atoms with Crippen molar-refractivity contribution in [1.29, 1.82) is 0 Å². The van der Waals surface area contributed by atoms with Crippen LogP contribution in [0.25, 0.3) is 0 Å². The van der Waals surface area contributed by atoms with E-state index in [0.29, 0.717) is 6.61 Å². The summed E-state index contributed by atoms with van der Waals surface area (Å²) < 4.78 is 31.0. The SMILES string of the molecule is CCOCCNS(=O)(=O)c1ccc(C(=O)O)c(Cl)c1. The fraction of sp³-hybridized carbons (Fsp3) is 0.364. The zero-order chi connectivity index (χ0) is 14.5. The van der Waals surface area contributed by atoms with Crippen LogP contribution in [0.2, 0.25) is 5.02 Å². The Hall–Kier alpha value is -1.15. The van der Waals surface area contributed by atoms with E-state index < -0.39 is 16.0 Å². The number of aromatic carboxylic acids is 1. The fourth-order valence-corrected chi connectivity index (χ4v) is 2.68. The maximum atomic E-state index is 11.9. The lowest BCUT2D eigenvalue weighted by Crippen LogP contribution is -2.27. The molecule has 1 aromatic rings. The van der Waals surface area contributed by atoms with Gasteiger partial charge in [-0.25, -0.2) is 17.9 Å². The predicted molar refractivity (Wildman–Crippen MR) is 70.1 cm³/mol. The molecule has 0 heterocycles. The number of nitrogens with one attached hydrogen (secondary N) is 1. The topological polar surface area (TPSA) is 92.7 Å². The predicted octanol–water partition coefficient (Wildman–Crippen LogP) is 1.35. The third-order valence-corrected chi connectivity index (χ3v) is 4.00. The quantitative estimate of drug-likeness (QED) is 0.742. The van der Waals surface area contributed by atoms with Gasteiger partial charge in [-0.15, -0.1) is 0 Å². The van der Waals surface area contributed by atoms with Crippen molar-refractivity contribution in [3.05, 3.63) is 28.8 Å². The molecule has 1 rings (SSSR count). The van der Waals surface area contributed by atoms with Gasteiger partial charge in [-0.3, -0.25) is 0 Å². The Kier molecular flexibility index (Phi) is 5.74. The van der Waals surface area contributed by atoms with Crippen molar-refractivity contribution in [3.8, 4) is 0 Å². The van der Waals surface area contributed by atoms with E-state index in [1.54, 1.807) is 6.92 Å². The zero-order valence-corrected chi connectivity index (χ0v) is 11.8.